The molecule has 0 radical (unpaired) electrons. The van der Waals surface area contributed by atoms with Gasteiger partial charge < -0.3 is 10.0 Å². The van der Waals surface area contributed by atoms with Crippen LogP contribution in [-0.2, 0) is 6.54 Å². The minimum atomic E-state index is -0.557. The Bertz CT molecular complexity index is 601. The first kappa shape index (κ1) is 14.8. The third kappa shape index (κ3) is 3.30. The maximum atomic E-state index is 13.6. The fraction of sp³-hybridized carbons (Fsp3) is 0.250. The minimum absolute atomic E-state index is 0.226. The fourth-order valence-electron chi connectivity index (χ4n) is 2.06. The second-order valence-electron chi connectivity index (χ2n) is 4.83. The lowest BCUT2D eigenvalue weighted by molar-refractivity contribution is 0.199. The fourth-order valence-corrected chi connectivity index (χ4v) is 2.39. The minimum Gasteiger partial charge on any atom is -0.389 e. The van der Waals surface area contributed by atoms with Crippen LogP contribution in [0.15, 0.2) is 42.5 Å². The highest BCUT2D eigenvalue weighted by atomic mass is 35.5. The van der Waals surface area contributed by atoms with Crippen molar-refractivity contribution in [2.45, 2.75) is 19.6 Å². The summed E-state index contributed by atoms with van der Waals surface area (Å²) in [5.41, 5.74) is 2.18. The van der Waals surface area contributed by atoms with Gasteiger partial charge in [0.15, 0.2) is 0 Å². The molecule has 0 aromatic heterocycles. The van der Waals surface area contributed by atoms with Gasteiger partial charge in [0, 0.05) is 19.2 Å². The number of benzene rings is 2. The molecule has 0 saturated heterocycles. The van der Waals surface area contributed by atoms with Crippen LogP contribution in [0.5, 0.6) is 0 Å². The van der Waals surface area contributed by atoms with Gasteiger partial charge in [0.05, 0.1) is 16.8 Å². The quantitative estimate of drug-likeness (QED) is 0.914. The lowest BCUT2D eigenvalue weighted by Crippen LogP contribution is -2.17. The van der Waals surface area contributed by atoms with E-state index in [9.17, 15) is 9.50 Å². The van der Waals surface area contributed by atoms with E-state index in [1.807, 2.05) is 30.1 Å². The highest BCUT2D eigenvalue weighted by Crippen LogP contribution is 2.29. The normalized spacial score (nSPS) is 12.2. The predicted molar refractivity (Wildman–Crippen MR) is 80.6 cm³/mol. The second-order valence-corrected chi connectivity index (χ2v) is 5.24. The zero-order valence-electron chi connectivity index (χ0n) is 11.5. The molecule has 0 amide bonds. The van der Waals surface area contributed by atoms with Gasteiger partial charge in [-0.3, -0.25) is 0 Å². The molecule has 0 aliphatic rings. The van der Waals surface area contributed by atoms with E-state index in [0.717, 1.165) is 11.3 Å². The van der Waals surface area contributed by atoms with Crippen molar-refractivity contribution in [3.63, 3.8) is 0 Å². The van der Waals surface area contributed by atoms with Crippen LogP contribution >= 0.6 is 11.6 Å². The first-order valence-electron chi connectivity index (χ1n) is 6.41. The molecule has 106 valence electrons. The smallest absolute Gasteiger partial charge is 0.128 e. The monoisotopic (exact) mass is 293 g/mol. The van der Waals surface area contributed by atoms with E-state index in [-0.39, 0.29) is 5.82 Å². The number of nitrogens with zero attached hydrogens (tertiary/aromatic N) is 1. The number of halogens is 2. The maximum absolute atomic E-state index is 13.6. The summed E-state index contributed by atoms with van der Waals surface area (Å²) in [5, 5.41) is 10.1. The van der Waals surface area contributed by atoms with Crippen molar-refractivity contribution < 1.29 is 9.50 Å². The van der Waals surface area contributed by atoms with Crippen molar-refractivity contribution in [1.82, 2.24) is 0 Å². The van der Waals surface area contributed by atoms with Crippen LogP contribution < -0.4 is 4.90 Å². The van der Waals surface area contributed by atoms with E-state index in [1.54, 1.807) is 25.1 Å². The average Bonchev–Trinajstić information content (AvgIpc) is 2.41. The van der Waals surface area contributed by atoms with Gasteiger partial charge in [-0.05, 0) is 30.7 Å². The number of anilines is 1. The summed E-state index contributed by atoms with van der Waals surface area (Å²) in [6.45, 7) is 2.12. The SMILES string of the molecule is C[C@H](O)c1ccc(N(C)Cc2ccccc2F)c(Cl)c1. The molecule has 0 saturated carbocycles. The molecule has 4 heteroatoms. The van der Waals surface area contributed by atoms with Crippen molar-refractivity contribution in [2.75, 3.05) is 11.9 Å². The first-order chi connectivity index (χ1) is 9.49. The van der Waals surface area contributed by atoms with E-state index in [1.165, 1.54) is 6.07 Å². The van der Waals surface area contributed by atoms with Gasteiger partial charge in [-0.15, -0.1) is 0 Å². The Kier molecular flexibility index (Phi) is 4.63. The summed E-state index contributed by atoms with van der Waals surface area (Å²) < 4.78 is 13.6. The van der Waals surface area contributed by atoms with Crippen molar-refractivity contribution in [3.05, 3.63) is 64.4 Å². The van der Waals surface area contributed by atoms with E-state index < -0.39 is 6.10 Å². The molecule has 0 fully saturated rings. The van der Waals surface area contributed by atoms with Crippen LogP contribution in [0, 0.1) is 5.82 Å². The summed E-state index contributed by atoms with van der Waals surface area (Å²) in [5.74, 6) is -0.226. The van der Waals surface area contributed by atoms with Crippen molar-refractivity contribution in [2.24, 2.45) is 0 Å². The molecule has 0 unspecified atom stereocenters. The number of hydrogen-bond acceptors (Lipinski definition) is 2. The zero-order chi connectivity index (χ0) is 14.7. The molecule has 2 aromatic carbocycles. The number of aliphatic hydroxyl groups is 1. The van der Waals surface area contributed by atoms with Crippen molar-refractivity contribution >= 4 is 17.3 Å². The third-order valence-electron chi connectivity index (χ3n) is 3.23. The largest absolute Gasteiger partial charge is 0.389 e. The molecular weight excluding hydrogens is 277 g/mol. The zero-order valence-corrected chi connectivity index (χ0v) is 12.2. The lowest BCUT2D eigenvalue weighted by atomic mass is 10.1. The van der Waals surface area contributed by atoms with Gasteiger partial charge in [0.25, 0.3) is 0 Å². The molecule has 1 atom stereocenters. The second kappa shape index (κ2) is 6.25. The Morgan fingerprint density at radius 2 is 1.95 bits per heavy atom. The van der Waals surface area contributed by atoms with Gasteiger partial charge >= 0.3 is 0 Å². The topological polar surface area (TPSA) is 23.5 Å². The van der Waals surface area contributed by atoms with Crippen LogP contribution in [0.3, 0.4) is 0 Å². The van der Waals surface area contributed by atoms with Gasteiger partial charge in [0.2, 0.25) is 0 Å². The van der Waals surface area contributed by atoms with E-state index in [2.05, 4.69) is 0 Å². The maximum Gasteiger partial charge on any atom is 0.128 e. The molecule has 0 aliphatic carbocycles. The van der Waals surface area contributed by atoms with Crippen LogP contribution in [0.25, 0.3) is 0 Å². The molecule has 1 N–H and O–H groups in total. The number of rotatable bonds is 4. The van der Waals surface area contributed by atoms with Crippen molar-refractivity contribution in [3.8, 4) is 0 Å². The number of aliphatic hydroxyl groups excluding tert-OH is 1. The van der Waals surface area contributed by atoms with Crippen LogP contribution in [0.4, 0.5) is 10.1 Å². The Hall–Kier alpha value is -1.58. The summed E-state index contributed by atoms with van der Waals surface area (Å²) >= 11 is 6.23. The molecule has 0 bridgehead atoms. The van der Waals surface area contributed by atoms with Gasteiger partial charge in [-0.1, -0.05) is 35.9 Å². The van der Waals surface area contributed by atoms with E-state index in [0.29, 0.717) is 17.1 Å². The van der Waals surface area contributed by atoms with E-state index in [4.69, 9.17) is 11.6 Å². The van der Waals surface area contributed by atoms with Gasteiger partial charge in [-0.2, -0.15) is 0 Å². The summed E-state index contributed by atoms with van der Waals surface area (Å²) in [7, 11) is 1.86. The molecular formula is C16H17ClFNO. The Morgan fingerprint density at radius 3 is 2.55 bits per heavy atom. The van der Waals surface area contributed by atoms with E-state index >= 15 is 0 Å². The number of hydrogen-bond donors (Lipinski definition) is 1. The molecule has 0 spiro atoms. The molecule has 2 aromatic rings. The summed E-state index contributed by atoms with van der Waals surface area (Å²) in [6.07, 6.45) is -0.557. The van der Waals surface area contributed by atoms with Crippen LogP contribution in [0.1, 0.15) is 24.2 Å². The highest BCUT2D eigenvalue weighted by Gasteiger charge is 2.11. The third-order valence-corrected chi connectivity index (χ3v) is 3.53. The summed E-state index contributed by atoms with van der Waals surface area (Å²) in [6, 6.07) is 12.1. The summed E-state index contributed by atoms with van der Waals surface area (Å²) in [4.78, 5) is 1.88. The first-order valence-corrected chi connectivity index (χ1v) is 6.79. The van der Waals surface area contributed by atoms with Crippen LogP contribution in [0.2, 0.25) is 5.02 Å². The standard InChI is InChI=1S/C16H17ClFNO/c1-11(20)12-7-8-16(14(17)9-12)19(2)10-13-5-3-4-6-15(13)18/h3-9,11,20H,10H2,1-2H3/t11-/m0/s1. The van der Waals surface area contributed by atoms with Crippen molar-refractivity contribution in [1.29, 1.82) is 0 Å². The molecule has 0 heterocycles. The average molecular weight is 294 g/mol. The van der Waals surface area contributed by atoms with Gasteiger partial charge in [-0.25, -0.2) is 4.39 Å². The molecule has 2 nitrogen and oxygen atoms in total. The predicted octanol–water partition coefficient (Wildman–Crippen LogP) is 4.17. The molecule has 0 aliphatic heterocycles. The molecule has 20 heavy (non-hydrogen) atoms. The van der Waals surface area contributed by atoms with Gasteiger partial charge in [0.1, 0.15) is 5.82 Å². The lowest BCUT2D eigenvalue weighted by Gasteiger charge is -2.22. The Morgan fingerprint density at radius 1 is 1.25 bits per heavy atom. The Labute approximate surface area is 123 Å². The highest BCUT2D eigenvalue weighted by molar-refractivity contribution is 6.33. The van der Waals surface area contributed by atoms with Crippen LogP contribution in [-0.4, -0.2) is 12.2 Å². The Balaban J connectivity index is 2.21. The molecule has 2 rings (SSSR count).